The van der Waals surface area contributed by atoms with Crippen molar-refractivity contribution in [1.29, 1.82) is 0 Å². The topological polar surface area (TPSA) is 51.2 Å². The van der Waals surface area contributed by atoms with Crippen molar-refractivity contribution in [3.63, 3.8) is 0 Å². The fourth-order valence-corrected chi connectivity index (χ4v) is 4.71. The van der Waals surface area contributed by atoms with E-state index < -0.39 is 0 Å². The highest BCUT2D eigenvalue weighted by atomic mass is 79.9. The molecule has 0 N–H and O–H groups in total. The van der Waals surface area contributed by atoms with E-state index in [4.69, 9.17) is 14.2 Å². The van der Waals surface area contributed by atoms with E-state index in [-0.39, 0.29) is 18.3 Å². The number of carbonyl (C=O) groups excluding carboxylic acids is 1. The van der Waals surface area contributed by atoms with Gasteiger partial charge in [-0.2, -0.15) is 0 Å². The van der Waals surface area contributed by atoms with Gasteiger partial charge >= 0.3 is 0 Å². The minimum absolute atomic E-state index is 0. The molecule has 1 aliphatic heterocycles. The zero-order valence-corrected chi connectivity index (χ0v) is 23.4. The molecule has 0 aromatic heterocycles. The summed E-state index contributed by atoms with van der Waals surface area (Å²) in [7, 11) is 7.34. The lowest BCUT2D eigenvalue weighted by Gasteiger charge is -2.29. The van der Waals surface area contributed by atoms with Crippen molar-refractivity contribution < 1.29 is 19.0 Å². The van der Waals surface area contributed by atoms with Gasteiger partial charge in [0.25, 0.3) is 5.91 Å². The predicted molar refractivity (Wildman–Crippen MR) is 148 cm³/mol. The van der Waals surface area contributed by atoms with Gasteiger partial charge in [-0.15, -0.1) is 12.4 Å². The van der Waals surface area contributed by atoms with Crippen LogP contribution in [0, 0.1) is 0 Å². The molecule has 1 aliphatic rings. The van der Waals surface area contributed by atoms with E-state index in [2.05, 4.69) is 26.9 Å². The molecule has 36 heavy (non-hydrogen) atoms. The Hall–Kier alpha value is -2.74. The highest BCUT2D eigenvalue weighted by Crippen LogP contribution is 2.33. The number of halogens is 2. The number of fused-ring (bicyclic) bond motifs is 1. The SMILES string of the molecule is COc1cc2c(cc1OC)CN(C(=O)c1ccc(COc3ccc(Br)cc3CN(C)C)cc1)CC2.Cl. The third-order valence-corrected chi connectivity index (χ3v) is 6.60. The van der Waals surface area contributed by atoms with Crippen molar-refractivity contribution in [3.05, 3.63) is 86.9 Å². The van der Waals surface area contributed by atoms with Crippen LogP contribution in [-0.2, 0) is 26.1 Å². The van der Waals surface area contributed by atoms with Gasteiger partial charge in [0.1, 0.15) is 12.4 Å². The molecule has 6 nitrogen and oxygen atoms in total. The van der Waals surface area contributed by atoms with E-state index in [1.807, 2.05) is 67.5 Å². The smallest absolute Gasteiger partial charge is 0.254 e. The van der Waals surface area contributed by atoms with Crippen LogP contribution in [0.15, 0.2) is 59.1 Å². The molecule has 8 heteroatoms. The summed E-state index contributed by atoms with van der Waals surface area (Å²) in [5.74, 6) is 2.30. The summed E-state index contributed by atoms with van der Waals surface area (Å²) < 4.78 is 18.0. The number of rotatable bonds is 8. The number of hydrogen-bond donors (Lipinski definition) is 0. The minimum Gasteiger partial charge on any atom is -0.493 e. The van der Waals surface area contributed by atoms with Gasteiger partial charge in [0.2, 0.25) is 0 Å². The van der Waals surface area contributed by atoms with Crippen molar-refractivity contribution in [2.24, 2.45) is 0 Å². The van der Waals surface area contributed by atoms with Gasteiger partial charge in [-0.1, -0.05) is 28.1 Å². The maximum Gasteiger partial charge on any atom is 0.254 e. The lowest BCUT2D eigenvalue weighted by atomic mass is 9.98. The summed E-state index contributed by atoms with van der Waals surface area (Å²) in [4.78, 5) is 17.2. The van der Waals surface area contributed by atoms with Gasteiger partial charge in [0.15, 0.2) is 11.5 Å². The van der Waals surface area contributed by atoms with Crippen LogP contribution < -0.4 is 14.2 Å². The Morgan fingerprint density at radius 3 is 2.25 bits per heavy atom. The van der Waals surface area contributed by atoms with Crippen molar-refractivity contribution in [2.45, 2.75) is 26.1 Å². The maximum atomic E-state index is 13.2. The molecule has 0 saturated heterocycles. The Labute approximate surface area is 227 Å². The molecule has 0 bridgehead atoms. The summed E-state index contributed by atoms with van der Waals surface area (Å²) in [5.41, 5.74) is 5.10. The molecule has 0 radical (unpaired) electrons. The molecule has 3 aromatic rings. The average Bonchev–Trinajstić information content (AvgIpc) is 2.86. The van der Waals surface area contributed by atoms with Crippen molar-refractivity contribution in [3.8, 4) is 17.2 Å². The minimum atomic E-state index is 0. The van der Waals surface area contributed by atoms with Gasteiger partial charge < -0.3 is 24.0 Å². The number of benzene rings is 3. The number of nitrogens with zero attached hydrogens (tertiary/aromatic N) is 2. The van der Waals surface area contributed by atoms with Gasteiger partial charge in [0.05, 0.1) is 14.2 Å². The second-order valence-corrected chi connectivity index (χ2v) is 9.84. The van der Waals surface area contributed by atoms with Crippen LogP contribution in [0.2, 0.25) is 0 Å². The summed E-state index contributed by atoms with van der Waals surface area (Å²) in [6.07, 6.45) is 0.788. The van der Waals surface area contributed by atoms with Crippen molar-refractivity contribution in [1.82, 2.24) is 9.80 Å². The van der Waals surface area contributed by atoms with Crippen LogP contribution >= 0.6 is 28.3 Å². The number of amides is 1. The second kappa shape index (κ2) is 12.5. The van der Waals surface area contributed by atoms with Crippen LogP contribution in [0.4, 0.5) is 0 Å². The fourth-order valence-electron chi connectivity index (χ4n) is 4.30. The lowest BCUT2D eigenvalue weighted by molar-refractivity contribution is 0.0734. The van der Waals surface area contributed by atoms with Gasteiger partial charge in [-0.25, -0.2) is 0 Å². The normalized spacial score (nSPS) is 12.6. The molecule has 0 fully saturated rings. The van der Waals surface area contributed by atoms with E-state index in [9.17, 15) is 4.79 Å². The number of carbonyl (C=O) groups is 1. The maximum absolute atomic E-state index is 13.2. The third-order valence-electron chi connectivity index (χ3n) is 6.11. The molecule has 0 spiro atoms. The predicted octanol–water partition coefficient (Wildman–Crippen LogP) is 5.73. The molecule has 1 amide bonds. The first-order valence-corrected chi connectivity index (χ1v) is 12.3. The first-order chi connectivity index (χ1) is 16.9. The molecule has 0 saturated carbocycles. The van der Waals surface area contributed by atoms with E-state index in [0.717, 1.165) is 45.6 Å². The summed E-state index contributed by atoms with van der Waals surface area (Å²) in [5, 5.41) is 0. The van der Waals surface area contributed by atoms with E-state index in [1.54, 1.807) is 14.2 Å². The van der Waals surface area contributed by atoms with Crippen LogP contribution in [0.5, 0.6) is 17.2 Å². The molecule has 3 aromatic carbocycles. The number of methoxy groups -OCH3 is 2. The quantitative estimate of drug-likeness (QED) is 0.344. The van der Waals surface area contributed by atoms with Crippen LogP contribution in [0.3, 0.4) is 0 Å². The molecular weight excluding hydrogens is 544 g/mol. The molecule has 0 atom stereocenters. The van der Waals surface area contributed by atoms with Gasteiger partial charge in [-0.3, -0.25) is 4.79 Å². The molecule has 0 unspecified atom stereocenters. The Kier molecular flexibility index (Phi) is 9.65. The Balaban J connectivity index is 0.00000361. The van der Waals surface area contributed by atoms with Crippen LogP contribution in [-0.4, -0.2) is 50.6 Å². The first-order valence-electron chi connectivity index (χ1n) is 11.6. The molecule has 1 heterocycles. The molecule has 0 aliphatic carbocycles. The van der Waals surface area contributed by atoms with Crippen molar-refractivity contribution in [2.75, 3.05) is 34.9 Å². The van der Waals surface area contributed by atoms with Gasteiger partial charge in [0, 0.05) is 35.2 Å². The summed E-state index contributed by atoms with van der Waals surface area (Å²) in [6, 6.07) is 17.7. The number of ether oxygens (including phenoxy) is 3. The number of hydrogen-bond acceptors (Lipinski definition) is 5. The Morgan fingerprint density at radius 2 is 1.61 bits per heavy atom. The largest absolute Gasteiger partial charge is 0.493 e. The zero-order valence-electron chi connectivity index (χ0n) is 21.0. The highest BCUT2D eigenvalue weighted by molar-refractivity contribution is 9.10. The second-order valence-electron chi connectivity index (χ2n) is 8.93. The summed E-state index contributed by atoms with van der Waals surface area (Å²) >= 11 is 3.54. The highest BCUT2D eigenvalue weighted by Gasteiger charge is 2.23. The monoisotopic (exact) mass is 574 g/mol. The van der Waals surface area contributed by atoms with E-state index in [0.29, 0.717) is 31.0 Å². The molecular formula is C28H32BrClN2O4. The molecule has 192 valence electrons. The standard InChI is InChI=1S/C28H31BrN2O4.ClH/c1-30(2)16-23-13-24(29)9-10-25(23)35-18-19-5-7-20(8-6-19)28(32)31-12-11-21-14-26(33-3)27(34-4)15-22(21)17-31;/h5-10,13-15H,11-12,16-18H2,1-4H3;1H. The van der Waals surface area contributed by atoms with E-state index >= 15 is 0 Å². The summed E-state index contributed by atoms with van der Waals surface area (Å²) in [6.45, 7) is 2.46. The van der Waals surface area contributed by atoms with Gasteiger partial charge in [-0.05, 0) is 79.7 Å². The van der Waals surface area contributed by atoms with Crippen molar-refractivity contribution >= 4 is 34.2 Å². The van der Waals surface area contributed by atoms with E-state index in [1.165, 1.54) is 5.56 Å². The Bertz CT molecular complexity index is 1200. The zero-order chi connectivity index (χ0) is 24.9. The Morgan fingerprint density at radius 1 is 0.944 bits per heavy atom. The lowest BCUT2D eigenvalue weighted by Crippen LogP contribution is -2.36. The fraction of sp³-hybridized carbons (Fsp3) is 0.321. The van der Waals surface area contributed by atoms with Crippen LogP contribution in [0.25, 0.3) is 0 Å². The van der Waals surface area contributed by atoms with Crippen LogP contribution in [0.1, 0.15) is 32.6 Å². The third kappa shape index (κ3) is 6.52. The average molecular weight is 576 g/mol. The first kappa shape index (κ1) is 27.8. The molecule has 4 rings (SSSR count).